The summed E-state index contributed by atoms with van der Waals surface area (Å²) in [4.78, 5) is 0. The van der Waals surface area contributed by atoms with Crippen LogP contribution in [0.15, 0.2) is 0 Å². The van der Waals surface area contributed by atoms with Gasteiger partial charge in [-0.05, 0) is 18.3 Å². The Balaban J connectivity index is 3.49. The highest BCUT2D eigenvalue weighted by Crippen LogP contribution is 2.21. The second-order valence-corrected chi connectivity index (χ2v) is 3.69. The number of rotatable bonds is 6. The highest BCUT2D eigenvalue weighted by atomic mass is 14.1. The van der Waals surface area contributed by atoms with E-state index in [1.54, 1.807) is 0 Å². The summed E-state index contributed by atoms with van der Waals surface area (Å²) in [6.07, 6.45) is 6.56. The molecule has 0 nitrogen and oxygen atoms in total. The lowest BCUT2D eigenvalue weighted by molar-refractivity contribution is 0.358. The third kappa shape index (κ3) is 5.29. The molecule has 0 rings (SSSR count). The maximum absolute atomic E-state index is 3.93. The van der Waals surface area contributed by atoms with E-state index in [0.717, 1.165) is 18.3 Å². The van der Waals surface area contributed by atoms with Crippen LogP contribution in [0.4, 0.5) is 0 Å². The van der Waals surface area contributed by atoms with Gasteiger partial charge in [0.05, 0.1) is 0 Å². The molecule has 2 unspecified atom stereocenters. The second-order valence-electron chi connectivity index (χ2n) is 3.69. The summed E-state index contributed by atoms with van der Waals surface area (Å²) in [5, 5.41) is 0. The molecule has 0 aromatic rings. The van der Waals surface area contributed by atoms with E-state index >= 15 is 0 Å². The van der Waals surface area contributed by atoms with Crippen molar-refractivity contribution in [2.75, 3.05) is 0 Å². The second kappa shape index (κ2) is 6.69. The molecule has 0 aliphatic carbocycles. The van der Waals surface area contributed by atoms with Crippen molar-refractivity contribution in [1.29, 1.82) is 0 Å². The van der Waals surface area contributed by atoms with Gasteiger partial charge in [-0.25, -0.2) is 0 Å². The van der Waals surface area contributed by atoms with Gasteiger partial charge in [-0.3, -0.25) is 0 Å². The molecule has 0 aliphatic heterocycles. The summed E-state index contributed by atoms with van der Waals surface area (Å²) in [5.74, 6) is 1.78. The van der Waals surface area contributed by atoms with Crippen molar-refractivity contribution in [2.45, 2.75) is 52.9 Å². The molecule has 0 aromatic heterocycles. The van der Waals surface area contributed by atoms with Crippen LogP contribution in [-0.4, -0.2) is 0 Å². The summed E-state index contributed by atoms with van der Waals surface area (Å²) >= 11 is 0. The van der Waals surface area contributed by atoms with Gasteiger partial charge in [-0.1, -0.05) is 53.4 Å². The molecule has 0 fully saturated rings. The van der Waals surface area contributed by atoms with E-state index in [9.17, 15) is 0 Å². The van der Waals surface area contributed by atoms with Crippen LogP contribution in [0.1, 0.15) is 52.9 Å². The molecule has 2 atom stereocenters. The lowest BCUT2D eigenvalue weighted by Crippen LogP contribution is -2.04. The lowest BCUT2D eigenvalue weighted by Gasteiger charge is -2.17. The van der Waals surface area contributed by atoms with Gasteiger partial charge in [-0.2, -0.15) is 0 Å². The summed E-state index contributed by atoms with van der Waals surface area (Å²) in [6.45, 7) is 10.8. The van der Waals surface area contributed by atoms with Crippen molar-refractivity contribution in [3.8, 4) is 0 Å². The summed E-state index contributed by atoms with van der Waals surface area (Å²) < 4.78 is 0. The Morgan fingerprint density at radius 3 is 2.27 bits per heavy atom. The topological polar surface area (TPSA) is 0 Å². The quantitative estimate of drug-likeness (QED) is 0.542. The first-order valence-electron chi connectivity index (χ1n) is 5.03. The van der Waals surface area contributed by atoms with Gasteiger partial charge < -0.3 is 0 Å². The average molecular weight is 155 g/mol. The lowest BCUT2D eigenvalue weighted by atomic mass is 9.89. The molecule has 67 valence electrons. The first kappa shape index (κ1) is 11.0. The zero-order valence-electron chi connectivity index (χ0n) is 8.40. The highest BCUT2D eigenvalue weighted by Gasteiger charge is 2.08. The van der Waals surface area contributed by atoms with Gasteiger partial charge in [0, 0.05) is 0 Å². The Morgan fingerprint density at radius 1 is 1.27 bits per heavy atom. The van der Waals surface area contributed by atoms with Gasteiger partial charge in [0.1, 0.15) is 0 Å². The summed E-state index contributed by atoms with van der Waals surface area (Å²) in [7, 11) is 0. The monoisotopic (exact) mass is 155 g/mol. The van der Waals surface area contributed by atoms with E-state index in [2.05, 4.69) is 27.7 Å². The predicted molar refractivity (Wildman–Crippen MR) is 52.4 cm³/mol. The first-order valence-corrected chi connectivity index (χ1v) is 5.03. The molecule has 0 saturated heterocycles. The highest BCUT2D eigenvalue weighted by molar-refractivity contribution is 4.62. The van der Waals surface area contributed by atoms with Gasteiger partial charge in [0.15, 0.2) is 0 Å². The minimum Gasteiger partial charge on any atom is -0.0654 e. The van der Waals surface area contributed by atoms with Crippen LogP contribution in [-0.2, 0) is 0 Å². The Hall–Kier alpha value is 0. The summed E-state index contributed by atoms with van der Waals surface area (Å²) in [5.41, 5.74) is 0. The van der Waals surface area contributed by atoms with Crippen molar-refractivity contribution in [2.24, 2.45) is 11.8 Å². The molecule has 0 aromatic carbocycles. The SMILES string of the molecule is [CH2]CC(C)CC(CC)CCC. The standard InChI is InChI=1S/C11H23/c1-5-8-11(7-3)9-10(4)6-2/h10-11H,2,5-9H2,1,3-4H3. The molecule has 0 saturated carbocycles. The molecule has 0 bridgehead atoms. The number of hydrogen-bond acceptors (Lipinski definition) is 0. The molecule has 0 amide bonds. The molecule has 0 aliphatic rings. The maximum atomic E-state index is 3.93. The number of hydrogen-bond donors (Lipinski definition) is 0. The zero-order chi connectivity index (χ0) is 8.69. The average Bonchev–Trinajstić information content (AvgIpc) is 2.03. The molecule has 0 N–H and O–H groups in total. The Morgan fingerprint density at radius 2 is 1.91 bits per heavy atom. The van der Waals surface area contributed by atoms with E-state index in [1.807, 2.05) is 0 Å². The molecule has 1 radical (unpaired) electrons. The fourth-order valence-corrected chi connectivity index (χ4v) is 1.58. The fourth-order valence-electron chi connectivity index (χ4n) is 1.58. The zero-order valence-corrected chi connectivity index (χ0v) is 8.40. The van der Waals surface area contributed by atoms with Crippen LogP contribution < -0.4 is 0 Å². The van der Waals surface area contributed by atoms with E-state index in [4.69, 9.17) is 0 Å². The minimum atomic E-state index is 0.825. The normalized spacial score (nSPS) is 16.4. The van der Waals surface area contributed by atoms with E-state index in [-0.39, 0.29) is 0 Å². The Bertz CT molecular complexity index is 76.1. The van der Waals surface area contributed by atoms with Crippen LogP contribution >= 0.6 is 0 Å². The summed E-state index contributed by atoms with van der Waals surface area (Å²) in [6, 6.07) is 0. The van der Waals surface area contributed by atoms with Gasteiger partial charge in [0.25, 0.3) is 0 Å². The predicted octanol–water partition coefficient (Wildman–Crippen LogP) is 4.06. The Labute approximate surface area is 72.4 Å². The van der Waals surface area contributed by atoms with Gasteiger partial charge in [-0.15, -0.1) is 0 Å². The molecule has 11 heavy (non-hydrogen) atoms. The van der Waals surface area contributed by atoms with Crippen LogP contribution in [0.3, 0.4) is 0 Å². The van der Waals surface area contributed by atoms with Crippen molar-refractivity contribution >= 4 is 0 Å². The van der Waals surface area contributed by atoms with E-state index in [0.29, 0.717) is 0 Å². The van der Waals surface area contributed by atoms with E-state index < -0.39 is 0 Å². The molecule has 0 spiro atoms. The van der Waals surface area contributed by atoms with Crippen molar-refractivity contribution in [1.82, 2.24) is 0 Å². The van der Waals surface area contributed by atoms with Crippen molar-refractivity contribution in [3.63, 3.8) is 0 Å². The van der Waals surface area contributed by atoms with Crippen LogP contribution in [0.2, 0.25) is 0 Å². The largest absolute Gasteiger partial charge is 0.0654 e. The third-order valence-corrected chi connectivity index (χ3v) is 2.50. The van der Waals surface area contributed by atoms with Gasteiger partial charge >= 0.3 is 0 Å². The van der Waals surface area contributed by atoms with Crippen LogP contribution in [0.5, 0.6) is 0 Å². The third-order valence-electron chi connectivity index (χ3n) is 2.50. The van der Waals surface area contributed by atoms with Gasteiger partial charge in [0.2, 0.25) is 0 Å². The first-order chi connectivity index (χ1) is 5.24. The fraction of sp³-hybridized carbons (Fsp3) is 0.909. The van der Waals surface area contributed by atoms with Crippen molar-refractivity contribution in [3.05, 3.63) is 6.92 Å². The molecule has 0 heterocycles. The molecule has 0 heteroatoms. The van der Waals surface area contributed by atoms with Crippen LogP contribution in [0, 0.1) is 18.8 Å². The maximum Gasteiger partial charge on any atom is -0.0414 e. The molecular weight excluding hydrogens is 132 g/mol. The minimum absolute atomic E-state index is 0.825. The van der Waals surface area contributed by atoms with Crippen LogP contribution in [0.25, 0.3) is 0 Å². The van der Waals surface area contributed by atoms with Crippen molar-refractivity contribution < 1.29 is 0 Å². The van der Waals surface area contributed by atoms with E-state index in [1.165, 1.54) is 25.7 Å². The Kier molecular flexibility index (Phi) is 6.69. The molecular formula is C11H23. The smallest absolute Gasteiger partial charge is 0.0414 e.